The summed E-state index contributed by atoms with van der Waals surface area (Å²) >= 11 is 1.33. The first-order chi connectivity index (χ1) is 12.2. The molecule has 2 heterocycles. The first-order valence-electron chi connectivity index (χ1n) is 8.57. The Morgan fingerprint density at radius 2 is 2.00 bits per heavy atom. The van der Waals surface area contributed by atoms with Crippen molar-refractivity contribution in [2.45, 2.75) is 43.5 Å². The van der Waals surface area contributed by atoms with Crippen molar-refractivity contribution in [2.24, 2.45) is 0 Å². The summed E-state index contributed by atoms with van der Waals surface area (Å²) < 4.78 is 0. The van der Waals surface area contributed by atoms with E-state index in [2.05, 4.69) is 40.8 Å². The molecule has 0 saturated heterocycles. The summed E-state index contributed by atoms with van der Waals surface area (Å²) in [6, 6.07) is 9.99. The molecular formula is C20H24N4OS. The van der Waals surface area contributed by atoms with Gasteiger partial charge in [0.05, 0.1) is 5.25 Å². The Hall–Kier alpha value is -2.34. The van der Waals surface area contributed by atoms with Crippen molar-refractivity contribution in [3.63, 3.8) is 0 Å². The van der Waals surface area contributed by atoms with Gasteiger partial charge in [0.2, 0.25) is 0 Å². The van der Waals surface area contributed by atoms with Crippen molar-refractivity contribution in [2.75, 3.05) is 17.7 Å². The van der Waals surface area contributed by atoms with Crippen molar-refractivity contribution in [3.8, 4) is 0 Å². The van der Waals surface area contributed by atoms with Gasteiger partial charge in [0.25, 0.3) is 0 Å². The van der Waals surface area contributed by atoms with E-state index < -0.39 is 0 Å². The molecule has 1 aliphatic heterocycles. The summed E-state index contributed by atoms with van der Waals surface area (Å²) in [6.07, 6.45) is 1.76. The lowest BCUT2D eigenvalue weighted by molar-refractivity contribution is -0.114. The molecule has 1 aromatic heterocycles. The standard InChI is InChI=1S/C20H24N4OS/c1-12-10-18(21)23-19(22-12)26-13(2)16(25)11-17-20(3,4)14-8-6-7-9-15(14)24(17)5/h6-11,13H,1-5H3,(H2,21,22,23)/b17-11+/t13-/m1/s1. The minimum absolute atomic E-state index is 0.0430. The van der Waals surface area contributed by atoms with Crippen LogP contribution in [0.1, 0.15) is 32.0 Å². The molecule has 26 heavy (non-hydrogen) atoms. The largest absolute Gasteiger partial charge is 0.384 e. The quantitative estimate of drug-likeness (QED) is 0.504. The van der Waals surface area contributed by atoms with Gasteiger partial charge in [-0.15, -0.1) is 0 Å². The number of likely N-dealkylation sites (N-methyl/N-ethyl adjacent to an activating group) is 1. The number of anilines is 2. The molecule has 3 rings (SSSR count). The van der Waals surface area contributed by atoms with E-state index in [1.54, 1.807) is 12.1 Å². The molecule has 0 aliphatic carbocycles. The van der Waals surface area contributed by atoms with Crippen molar-refractivity contribution in [1.82, 2.24) is 9.97 Å². The maximum absolute atomic E-state index is 12.8. The number of hydrogen-bond acceptors (Lipinski definition) is 6. The third-order valence-corrected chi connectivity index (χ3v) is 5.74. The SMILES string of the molecule is Cc1cc(N)nc(S[C@H](C)C(=O)/C=C2/N(C)c3ccccc3C2(C)C)n1. The highest BCUT2D eigenvalue weighted by molar-refractivity contribution is 8.00. The van der Waals surface area contributed by atoms with Gasteiger partial charge < -0.3 is 10.6 Å². The molecule has 0 radical (unpaired) electrons. The van der Waals surface area contributed by atoms with Crippen LogP contribution in [0.25, 0.3) is 0 Å². The molecule has 0 fully saturated rings. The summed E-state index contributed by atoms with van der Waals surface area (Å²) in [6.45, 7) is 8.04. The van der Waals surface area contributed by atoms with Gasteiger partial charge in [-0.2, -0.15) is 0 Å². The fourth-order valence-electron chi connectivity index (χ4n) is 3.34. The number of nitrogens with two attached hydrogens (primary N) is 1. The van der Waals surface area contributed by atoms with E-state index in [9.17, 15) is 4.79 Å². The van der Waals surface area contributed by atoms with Crippen LogP contribution in [0.2, 0.25) is 0 Å². The lowest BCUT2D eigenvalue weighted by Crippen LogP contribution is -2.25. The lowest BCUT2D eigenvalue weighted by Gasteiger charge is -2.24. The molecular weight excluding hydrogens is 344 g/mol. The minimum Gasteiger partial charge on any atom is -0.384 e. The molecule has 0 unspecified atom stereocenters. The Morgan fingerprint density at radius 3 is 2.65 bits per heavy atom. The van der Waals surface area contributed by atoms with E-state index in [-0.39, 0.29) is 16.4 Å². The monoisotopic (exact) mass is 368 g/mol. The first-order valence-corrected chi connectivity index (χ1v) is 9.45. The first kappa shape index (κ1) is 18.5. The number of thioether (sulfide) groups is 1. The molecule has 2 aromatic rings. The van der Waals surface area contributed by atoms with Gasteiger partial charge in [0.1, 0.15) is 5.82 Å². The van der Waals surface area contributed by atoms with Gasteiger partial charge >= 0.3 is 0 Å². The topological polar surface area (TPSA) is 72.1 Å². The fraction of sp³-hybridized carbons (Fsp3) is 0.350. The molecule has 0 amide bonds. The molecule has 136 valence electrons. The van der Waals surface area contributed by atoms with Crippen molar-refractivity contribution in [3.05, 3.63) is 53.4 Å². The number of nitrogens with zero attached hydrogens (tertiary/aromatic N) is 3. The summed E-state index contributed by atoms with van der Waals surface area (Å²) in [4.78, 5) is 23.5. The highest BCUT2D eigenvalue weighted by atomic mass is 32.2. The Balaban J connectivity index is 1.84. The maximum atomic E-state index is 12.8. The molecule has 5 nitrogen and oxygen atoms in total. The highest BCUT2D eigenvalue weighted by Crippen LogP contribution is 2.46. The van der Waals surface area contributed by atoms with Gasteiger partial charge in [-0.25, -0.2) is 9.97 Å². The number of nitrogen functional groups attached to an aromatic ring is 1. The zero-order chi connectivity index (χ0) is 19.1. The number of para-hydroxylation sites is 1. The highest BCUT2D eigenvalue weighted by Gasteiger charge is 2.38. The zero-order valence-electron chi connectivity index (χ0n) is 15.8. The van der Waals surface area contributed by atoms with E-state index in [1.165, 1.54) is 17.3 Å². The summed E-state index contributed by atoms with van der Waals surface area (Å²) in [5.41, 5.74) is 9.74. The molecule has 0 saturated carbocycles. The van der Waals surface area contributed by atoms with Gasteiger partial charge in [-0.1, -0.05) is 43.8 Å². The van der Waals surface area contributed by atoms with E-state index in [0.717, 1.165) is 17.1 Å². The van der Waals surface area contributed by atoms with Crippen molar-refractivity contribution >= 4 is 29.1 Å². The molecule has 0 bridgehead atoms. The second-order valence-corrected chi connectivity index (χ2v) is 8.42. The van der Waals surface area contributed by atoms with Crippen LogP contribution in [0.3, 0.4) is 0 Å². The van der Waals surface area contributed by atoms with Crippen LogP contribution in [-0.2, 0) is 10.2 Å². The van der Waals surface area contributed by atoms with E-state index in [0.29, 0.717) is 11.0 Å². The molecule has 1 atom stereocenters. The zero-order valence-corrected chi connectivity index (χ0v) is 16.6. The summed E-state index contributed by atoms with van der Waals surface area (Å²) in [5, 5.41) is 0.237. The van der Waals surface area contributed by atoms with Crippen LogP contribution >= 0.6 is 11.8 Å². The van der Waals surface area contributed by atoms with Crippen LogP contribution in [0.4, 0.5) is 11.5 Å². The number of carbonyl (C=O) groups is 1. The van der Waals surface area contributed by atoms with E-state index in [1.807, 2.05) is 33.0 Å². The van der Waals surface area contributed by atoms with E-state index in [4.69, 9.17) is 5.73 Å². The number of rotatable bonds is 4. The number of ketones is 1. The Morgan fingerprint density at radius 1 is 1.31 bits per heavy atom. The predicted molar refractivity (Wildman–Crippen MR) is 107 cm³/mol. The number of hydrogen-bond donors (Lipinski definition) is 1. The van der Waals surface area contributed by atoms with Gasteiger partial charge in [-0.05, 0) is 25.5 Å². The second kappa shape index (κ2) is 6.76. The average molecular weight is 369 g/mol. The Kier molecular flexibility index (Phi) is 4.80. The molecule has 1 aliphatic rings. The molecule has 1 aromatic carbocycles. The average Bonchev–Trinajstić information content (AvgIpc) is 2.75. The Labute approximate surface area is 158 Å². The second-order valence-electron chi connectivity index (χ2n) is 7.11. The number of fused-ring (bicyclic) bond motifs is 1. The summed E-state index contributed by atoms with van der Waals surface area (Å²) in [7, 11) is 2.01. The van der Waals surface area contributed by atoms with Crippen LogP contribution in [-0.4, -0.2) is 28.0 Å². The number of carbonyl (C=O) groups excluding carboxylic acids is 1. The molecule has 0 spiro atoms. The van der Waals surface area contributed by atoms with Crippen molar-refractivity contribution < 1.29 is 4.79 Å². The predicted octanol–water partition coefficient (Wildman–Crippen LogP) is 3.73. The van der Waals surface area contributed by atoms with Crippen LogP contribution in [0.15, 0.2) is 47.3 Å². The number of aromatic nitrogens is 2. The number of allylic oxidation sites excluding steroid dienone is 2. The van der Waals surface area contributed by atoms with Gasteiger partial charge in [-0.3, -0.25) is 4.79 Å². The summed E-state index contributed by atoms with van der Waals surface area (Å²) in [5.74, 6) is 0.464. The fourth-order valence-corrected chi connectivity index (χ4v) is 4.20. The van der Waals surface area contributed by atoms with Crippen molar-refractivity contribution in [1.29, 1.82) is 0 Å². The van der Waals surface area contributed by atoms with Gasteiger partial charge in [0.15, 0.2) is 10.9 Å². The van der Waals surface area contributed by atoms with E-state index >= 15 is 0 Å². The minimum atomic E-state index is -0.295. The Bertz CT molecular complexity index is 871. The third-order valence-electron chi connectivity index (χ3n) is 4.76. The molecule has 6 heteroatoms. The smallest absolute Gasteiger partial charge is 0.190 e. The van der Waals surface area contributed by atoms with Crippen LogP contribution < -0.4 is 10.6 Å². The maximum Gasteiger partial charge on any atom is 0.190 e. The number of benzene rings is 1. The normalized spacial score (nSPS) is 18.0. The lowest BCUT2D eigenvalue weighted by atomic mass is 9.83. The molecule has 2 N–H and O–H groups in total. The number of aryl methyl sites for hydroxylation is 1. The third kappa shape index (κ3) is 3.33. The van der Waals surface area contributed by atoms with Crippen LogP contribution in [0.5, 0.6) is 0 Å². The van der Waals surface area contributed by atoms with Crippen LogP contribution in [0, 0.1) is 6.92 Å². The van der Waals surface area contributed by atoms with Gasteiger partial charge in [0, 0.05) is 41.7 Å².